The predicted octanol–water partition coefficient (Wildman–Crippen LogP) is 2.06. The molecule has 0 amide bonds. The molecule has 0 spiro atoms. The lowest BCUT2D eigenvalue weighted by Crippen LogP contribution is -2.03. The van der Waals surface area contributed by atoms with Crippen LogP contribution in [0.1, 0.15) is 25.0 Å². The van der Waals surface area contributed by atoms with E-state index in [9.17, 15) is 0 Å². The Kier molecular flexibility index (Phi) is 3.91. The Morgan fingerprint density at radius 2 is 2.24 bits per heavy atom. The number of rotatable bonds is 5. The van der Waals surface area contributed by atoms with Crippen molar-refractivity contribution in [3.05, 3.63) is 22.9 Å². The largest absolute Gasteiger partial charge is 0.382 e. The van der Waals surface area contributed by atoms with Gasteiger partial charge in [-0.2, -0.15) is 0 Å². The lowest BCUT2D eigenvalue weighted by molar-refractivity contribution is 0.144. The normalized spacial score (nSPS) is 11.2. The van der Waals surface area contributed by atoms with E-state index in [2.05, 4.69) is 15.2 Å². The maximum atomic E-state index is 5.87. The van der Waals surface area contributed by atoms with Crippen molar-refractivity contribution in [3.8, 4) is 0 Å². The number of halogens is 1. The average molecular weight is 255 g/mol. The van der Waals surface area contributed by atoms with Crippen molar-refractivity contribution in [1.29, 1.82) is 0 Å². The van der Waals surface area contributed by atoms with Crippen molar-refractivity contribution < 1.29 is 4.74 Å². The van der Waals surface area contributed by atoms with Gasteiger partial charge in [-0.25, -0.2) is 4.98 Å². The van der Waals surface area contributed by atoms with Crippen LogP contribution in [0.3, 0.4) is 0 Å². The van der Waals surface area contributed by atoms with E-state index >= 15 is 0 Å². The van der Waals surface area contributed by atoms with Gasteiger partial charge in [-0.05, 0) is 20.3 Å². The molecule has 0 atom stereocenters. The quantitative estimate of drug-likeness (QED) is 0.605. The number of nitrogens with zero attached hydrogens (tertiary/aromatic N) is 4. The van der Waals surface area contributed by atoms with Gasteiger partial charge >= 0.3 is 0 Å². The fraction of sp³-hybridized carbons (Fsp3) is 0.545. The highest BCUT2D eigenvalue weighted by Crippen LogP contribution is 2.13. The van der Waals surface area contributed by atoms with Crippen molar-refractivity contribution in [2.24, 2.45) is 0 Å². The summed E-state index contributed by atoms with van der Waals surface area (Å²) in [5.41, 5.74) is 0.744. The second-order valence-electron chi connectivity index (χ2n) is 3.74. The van der Waals surface area contributed by atoms with E-state index in [4.69, 9.17) is 16.3 Å². The van der Waals surface area contributed by atoms with Crippen molar-refractivity contribution in [2.45, 2.75) is 26.7 Å². The summed E-state index contributed by atoms with van der Waals surface area (Å²) in [6.07, 6.45) is 1.75. The lowest BCUT2D eigenvalue weighted by atomic mass is 10.3. The number of aromatic nitrogens is 4. The molecule has 0 aliphatic carbocycles. The second-order valence-corrected chi connectivity index (χ2v) is 4.12. The fourth-order valence-electron chi connectivity index (χ4n) is 1.76. The number of hydrogen-bond acceptors (Lipinski definition) is 4. The smallest absolute Gasteiger partial charge is 0.165 e. The van der Waals surface area contributed by atoms with Crippen molar-refractivity contribution in [2.75, 3.05) is 13.2 Å². The molecule has 0 N–H and O–H groups in total. The van der Waals surface area contributed by atoms with Crippen LogP contribution in [0, 0.1) is 6.92 Å². The van der Waals surface area contributed by atoms with E-state index in [-0.39, 0.29) is 0 Å². The molecule has 2 heterocycles. The Balaban J connectivity index is 2.18. The first-order valence-corrected chi connectivity index (χ1v) is 6.05. The molecule has 0 aromatic carbocycles. The van der Waals surface area contributed by atoms with Gasteiger partial charge in [0.25, 0.3) is 0 Å². The molecule has 2 aromatic heterocycles. The number of hydrogen-bond donors (Lipinski definition) is 0. The summed E-state index contributed by atoms with van der Waals surface area (Å²) >= 11 is 5.87. The summed E-state index contributed by atoms with van der Waals surface area (Å²) < 4.78 is 7.23. The highest BCUT2D eigenvalue weighted by Gasteiger charge is 2.09. The van der Waals surface area contributed by atoms with Crippen LogP contribution in [0.25, 0.3) is 5.65 Å². The Hall–Kier alpha value is -1.20. The van der Waals surface area contributed by atoms with Gasteiger partial charge in [-0.3, -0.25) is 4.40 Å². The highest BCUT2D eigenvalue weighted by molar-refractivity contribution is 6.29. The third-order valence-corrected chi connectivity index (χ3v) is 2.68. The molecule has 0 saturated heterocycles. The summed E-state index contributed by atoms with van der Waals surface area (Å²) in [6.45, 7) is 5.37. The fourth-order valence-corrected chi connectivity index (χ4v) is 1.98. The average Bonchev–Trinajstić information content (AvgIpc) is 2.68. The zero-order valence-corrected chi connectivity index (χ0v) is 10.7. The molecule has 5 nitrogen and oxygen atoms in total. The molecule has 17 heavy (non-hydrogen) atoms. The predicted molar refractivity (Wildman–Crippen MR) is 65.3 cm³/mol. The summed E-state index contributed by atoms with van der Waals surface area (Å²) in [7, 11) is 0. The SMILES string of the molecule is CCOCCCc1nnc2cc(Cl)nc(C)n12. The van der Waals surface area contributed by atoms with Gasteiger partial charge in [0.1, 0.15) is 16.8 Å². The standard InChI is InChI=1S/C11H15ClN4O/c1-3-17-6-4-5-10-14-15-11-7-9(12)13-8(2)16(10)11/h7H,3-6H2,1-2H3. The molecule has 0 aliphatic heterocycles. The van der Waals surface area contributed by atoms with Gasteiger partial charge in [0, 0.05) is 25.7 Å². The Morgan fingerprint density at radius 1 is 1.41 bits per heavy atom. The number of aryl methyl sites for hydroxylation is 2. The van der Waals surface area contributed by atoms with E-state index < -0.39 is 0 Å². The van der Waals surface area contributed by atoms with Crippen LogP contribution >= 0.6 is 11.6 Å². The van der Waals surface area contributed by atoms with Gasteiger partial charge in [0.05, 0.1) is 0 Å². The molecule has 0 radical (unpaired) electrons. The van der Waals surface area contributed by atoms with Gasteiger partial charge in [0.2, 0.25) is 0 Å². The van der Waals surface area contributed by atoms with Crippen LogP contribution in [0.15, 0.2) is 6.07 Å². The van der Waals surface area contributed by atoms with Crippen LogP contribution in [0.2, 0.25) is 5.15 Å². The molecule has 0 bridgehead atoms. The monoisotopic (exact) mass is 254 g/mol. The van der Waals surface area contributed by atoms with Crippen LogP contribution in [0.4, 0.5) is 0 Å². The van der Waals surface area contributed by atoms with Crippen LogP contribution in [0.5, 0.6) is 0 Å². The summed E-state index contributed by atoms with van der Waals surface area (Å²) in [4.78, 5) is 4.20. The van der Waals surface area contributed by atoms with E-state index in [0.717, 1.165) is 43.4 Å². The molecule has 0 saturated carbocycles. The van der Waals surface area contributed by atoms with Crippen LogP contribution < -0.4 is 0 Å². The van der Waals surface area contributed by atoms with Gasteiger partial charge in [-0.15, -0.1) is 10.2 Å². The van der Waals surface area contributed by atoms with E-state index in [1.165, 1.54) is 0 Å². The molecule has 0 aliphatic rings. The maximum absolute atomic E-state index is 5.87. The zero-order valence-electron chi connectivity index (χ0n) is 9.98. The molecular formula is C11H15ClN4O. The number of ether oxygens (including phenoxy) is 1. The highest BCUT2D eigenvalue weighted by atomic mass is 35.5. The lowest BCUT2D eigenvalue weighted by Gasteiger charge is -2.03. The first-order valence-electron chi connectivity index (χ1n) is 5.67. The van der Waals surface area contributed by atoms with Crippen molar-refractivity contribution >= 4 is 17.2 Å². The third-order valence-electron chi connectivity index (χ3n) is 2.49. The first kappa shape index (κ1) is 12.3. The summed E-state index contributed by atoms with van der Waals surface area (Å²) in [5.74, 6) is 1.71. The zero-order chi connectivity index (χ0) is 12.3. The summed E-state index contributed by atoms with van der Waals surface area (Å²) in [6, 6.07) is 1.72. The molecule has 2 rings (SSSR count). The van der Waals surface area contributed by atoms with Crippen molar-refractivity contribution in [3.63, 3.8) is 0 Å². The Morgan fingerprint density at radius 3 is 3.00 bits per heavy atom. The Bertz CT molecular complexity index is 511. The topological polar surface area (TPSA) is 52.3 Å². The molecule has 6 heteroatoms. The molecule has 92 valence electrons. The van der Waals surface area contributed by atoms with Gasteiger partial charge in [0.15, 0.2) is 5.65 Å². The second kappa shape index (κ2) is 5.42. The van der Waals surface area contributed by atoms with Gasteiger partial charge < -0.3 is 4.74 Å². The minimum atomic E-state index is 0.447. The maximum Gasteiger partial charge on any atom is 0.165 e. The van der Waals surface area contributed by atoms with E-state index in [0.29, 0.717) is 5.15 Å². The molecule has 0 fully saturated rings. The summed E-state index contributed by atoms with van der Waals surface area (Å²) in [5, 5.41) is 8.69. The van der Waals surface area contributed by atoms with Crippen LogP contribution in [-0.2, 0) is 11.2 Å². The minimum absolute atomic E-state index is 0.447. The molecule has 2 aromatic rings. The van der Waals surface area contributed by atoms with Gasteiger partial charge in [-0.1, -0.05) is 11.6 Å². The minimum Gasteiger partial charge on any atom is -0.382 e. The first-order chi connectivity index (χ1) is 8.22. The number of fused-ring (bicyclic) bond motifs is 1. The molecule has 0 unspecified atom stereocenters. The third kappa shape index (κ3) is 2.73. The Labute approximate surface area is 105 Å². The van der Waals surface area contributed by atoms with E-state index in [1.807, 2.05) is 18.2 Å². The van der Waals surface area contributed by atoms with E-state index in [1.54, 1.807) is 6.07 Å². The van der Waals surface area contributed by atoms with Crippen LogP contribution in [-0.4, -0.2) is 32.8 Å². The van der Waals surface area contributed by atoms with Crippen molar-refractivity contribution in [1.82, 2.24) is 19.6 Å². The molecular weight excluding hydrogens is 240 g/mol.